The van der Waals surface area contributed by atoms with Gasteiger partial charge in [-0.05, 0) is 6.42 Å². The number of aryl methyl sites for hydroxylation is 1. The molecule has 1 aromatic heterocycles. The Balaban J connectivity index is 2.90. The van der Waals surface area contributed by atoms with E-state index >= 15 is 0 Å². The molecule has 1 rings (SSSR count). The van der Waals surface area contributed by atoms with Crippen molar-refractivity contribution in [1.82, 2.24) is 10.2 Å². The molecule has 0 aliphatic carbocycles. The van der Waals surface area contributed by atoms with Gasteiger partial charge in [-0.3, -0.25) is 5.10 Å². The van der Waals surface area contributed by atoms with Crippen LogP contribution in [0, 0.1) is 0 Å². The van der Waals surface area contributed by atoms with Gasteiger partial charge in [-0.25, -0.2) is 8.78 Å². The first-order valence-corrected chi connectivity index (χ1v) is 3.06. The number of nitrogens with one attached hydrogen (secondary N) is 1. The largest absolute Gasteiger partial charge is 0.282 e. The molecule has 0 saturated heterocycles. The van der Waals surface area contributed by atoms with E-state index in [1.807, 2.05) is 0 Å². The molecule has 0 fully saturated rings. The molecule has 1 aromatic rings. The van der Waals surface area contributed by atoms with Crippen LogP contribution in [0.1, 0.15) is 24.6 Å². The number of rotatable bonds is 2. The molecule has 2 nitrogen and oxygen atoms in total. The maximum Gasteiger partial charge on any atom is 0.267 e. The first-order valence-electron chi connectivity index (χ1n) is 3.06. The molecule has 0 aromatic carbocycles. The molecule has 0 bridgehead atoms. The van der Waals surface area contributed by atoms with Crippen molar-refractivity contribution in [2.24, 2.45) is 0 Å². The van der Waals surface area contributed by atoms with E-state index in [0.29, 0.717) is 12.1 Å². The predicted octanol–water partition coefficient (Wildman–Crippen LogP) is 1.91. The van der Waals surface area contributed by atoms with E-state index in [1.165, 1.54) is 6.20 Å². The molecule has 0 spiro atoms. The third-order valence-electron chi connectivity index (χ3n) is 1.34. The molecule has 0 radical (unpaired) electrons. The average molecular weight is 146 g/mol. The Hall–Kier alpha value is -0.930. The zero-order valence-electron chi connectivity index (χ0n) is 5.56. The van der Waals surface area contributed by atoms with Gasteiger partial charge in [0.2, 0.25) is 0 Å². The van der Waals surface area contributed by atoms with E-state index in [4.69, 9.17) is 0 Å². The fourth-order valence-corrected chi connectivity index (χ4v) is 0.793. The second-order valence-electron chi connectivity index (χ2n) is 1.96. The molecule has 4 heteroatoms. The van der Waals surface area contributed by atoms with Crippen LogP contribution in [0.3, 0.4) is 0 Å². The number of nitrogens with zero attached hydrogens (tertiary/aromatic N) is 1. The zero-order valence-corrected chi connectivity index (χ0v) is 5.56. The van der Waals surface area contributed by atoms with Crippen LogP contribution in [0.2, 0.25) is 0 Å². The second kappa shape index (κ2) is 2.77. The summed E-state index contributed by atoms with van der Waals surface area (Å²) in [5, 5.41) is 6.02. The number of alkyl halides is 2. The van der Waals surface area contributed by atoms with Gasteiger partial charge in [0.05, 0.1) is 11.8 Å². The Morgan fingerprint density at radius 1 is 1.70 bits per heavy atom. The summed E-state index contributed by atoms with van der Waals surface area (Å²) >= 11 is 0. The van der Waals surface area contributed by atoms with Crippen molar-refractivity contribution < 1.29 is 8.78 Å². The molecule has 0 saturated carbocycles. The van der Waals surface area contributed by atoms with E-state index < -0.39 is 6.43 Å². The van der Waals surface area contributed by atoms with Crippen molar-refractivity contribution in [2.75, 3.05) is 0 Å². The van der Waals surface area contributed by atoms with Crippen LogP contribution in [-0.4, -0.2) is 10.2 Å². The highest BCUT2D eigenvalue weighted by molar-refractivity contribution is 5.16. The van der Waals surface area contributed by atoms with Crippen LogP contribution in [0.4, 0.5) is 8.78 Å². The summed E-state index contributed by atoms with van der Waals surface area (Å²) in [6.07, 6.45) is -0.669. The maximum absolute atomic E-state index is 12.0. The van der Waals surface area contributed by atoms with Crippen molar-refractivity contribution in [3.05, 3.63) is 17.5 Å². The van der Waals surface area contributed by atoms with Gasteiger partial charge in [-0.15, -0.1) is 0 Å². The van der Waals surface area contributed by atoms with Crippen LogP contribution < -0.4 is 0 Å². The lowest BCUT2D eigenvalue weighted by atomic mass is 10.2. The van der Waals surface area contributed by atoms with Crippen LogP contribution in [0.25, 0.3) is 0 Å². The number of aromatic amines is 1. The summed E-state index contributed by atoms with van der Waals surface area (Å²) in [5.41, 5.74) is 0.539. The number of hydrogen-bond acceptors (Lipinski definition) is 1. The van der Waals surface area contributed by atoms with Gasteiger partial charge in [0.1, 0.15) is 0 Å². The Kier molecular flexibility index (Phi) is 1.99. The fraction of sp³-hybridized carbons (Fsp3) is 0.500. The highest BCUT2D eigenvalue weighted by Gasteiger charge is 2.12. The van der Waals surface area contributed by atoms with Crippen molar-refractivity contribution in [3.63, 3.8) is 0 Å². The summed E-state index contributed by atoms with van der Waals surface area (Å²) in [4.78, 5) is 0. The van der Waals surface area contributed by atoms with Crippen molar-refractivity contribution in [3.8, 4) is 0 Å². The Morgan fingerprint density at radius 2 is 2.40 bits per heavy atom. The number of halogens is 2. The Morgan fingerprint density at radius 3 is 2.80 bits per heavy atom. The van der Waals surface area contributed by atoms with Crippen molar-refractivity contribution >= 4 is 0 Å². The third-order valence-corrected chi connectivity index (χ3v) is 1.34. The molecule has 0 aliphatic rings. The van der Waals surface area contributed by atoms with Gasteiger partial charge >= 0.3 is 0 Å². The van der Waals surface area contributed by atoms with E-state index in [0.717, 1.165) is 0 Å². The lowest BCUT2D eigenvalue weighted by Gasteiger charge is -1.95. The molecule has 1 heterocycles. The minimum Gasteiger partial charge on any atom is -0.282 e. The monoisotopic (exact) mass is 146 g/mol. The topological polar surface area (TPSA) is 28.7 Å². The lowest BCUT2D eigenvalue weighted by Crippen LogP contribution is -1.88. The van der Waals surface area contributed by atoms with Gasteiger partial charge in [-0.1, -0.05) is 6.92 Å². The summed E-state index contributed by atoms with van der Waals surface area (Å²) in [5.74, 6) is 0. The lowest BCUT2D eigenvalue weighted by molar-refractivity contribution is 0.150. The molecule has 56 valence electrons. The van der Waals surface area contributed by atoms with Crippen LogP contribution in [-0.2, 0) is 6.42 Å². The normalized spacial score (nSPS) is 10.8. The van der Waals surface area contributed by atoms with Crippen molar-refractivity contribution in [2.45, 2.75) is 19.8 Å². The third kappa shape index (κ3) is 1.15. The predicted molar refractivity (Wildman–Crippen MR) is 32.9 cm³/mol. The van der Waals surface area contributed by atoms with Crippen molar-refractivity contribution in [1.29, 1.82) is 0 Å². The molecular weight excluding hydrogens is 138 g/mol. The summed E-state index contributed by atoms with van der Waals surface area (Å²) in [6.45, 7) is 1.80. The van der Waals surface area contributed by atoms with E-state index in [1.54, 1.807) is 6.92 Å². The van der Waals surface area contributed by atoms with Gasteiger partial charge in [-0.2, -0.15) is 5.10 Å². The summed E-state index contributed by atoms with van der Waals surface area (Å²) < 4.78 is 24.0. The SMILES string of the molecule is CCc1[nH]ncc1C(F)F. The second-order valence-corrected chi connectivity index (χ2v) is 1.96. The van der Waals surface area contributed by atoms with Gasteiger partial charge in [0, 0.05) is 5.69 Å². The quantitative estimate of drug-likeness (QED) is 0.678. The number of hydrogen-bond donors (Lipinski definition) is 1. The highest BCUT2D eigenvalue weighted by Crippen LogP contribution is 2.20. The summed E-state index contributed by atoms with van der Waals surface area (Å²) in [6, 6.07) is 0. The molecule has 10 heavy (non-hydrogen) atoms. The van der Waals surface area contributed by atoms with E-state index in [9.17, 15) is 8.78 Å². The molecule has 0 unspecified atom stereocenters. The minimum atomic E-state index is -2.41. The minimum absolute atomic E-state index is 0.0162. The first-order chi connectivity index (χ1) is 4.75. The Bertz CT molecular complexity index is 207. The number of H-pyrrole nitrogens is 1. The molecular formula is C6H8F2N2. The first kappa shape index (κ1) is 7.18. The maximum atomic E-state index is 12.0. The highest BCUT2D eigenvalue weighted by atomic mass is 19.3. The van der Waals surface area contributed by atoms with Crippen LogP contribution in [0.5, 0.6) is 0 Å². The Labute approximate surface area is 57.3 Å². The zero-order chi connectivity index (χ0) is 7.56. The smallest absolute Gasteiger partial charge is 0.267 e. The van der Waals surface area contributed by atoms with E-state index in [2.05, 4.69) is 10.2 Å². The van der Waals surface area contributed by atoms with Crippen LogP contribution >= 0.6 is 0 Å². The molecule has 0 amide bonds. The fourth-order valence-electron chi connectivity index (χ4n) is 0.793. The number of aromatic nitrogens is 2. The summed E-state index contributed by atoms with van der Waals surface area (Å²) in [7, 11) is 0. The van der Waals surface area contributed by atoms with Gasteiger partial charge < -0.3 is 0 Å². The molecule has 0 atom stereocenters. The molecule has 0 aliphatic heterocycles. The van der Waals surface area contributed by atoms with E-state index in [-0.39, 0.29) is 5.56 Å². The van der Waals surface area contributed by atoms with Gasteiger partial charge in [0.25, 0.3) is 6.43 Å². The standard InChI is InChI=1S/C6H8F2N2/c1-2-5-4(6(7)8)3-9-10-5/h3,6H,2H2,1H3,(H,9,10). The molecule has 1 N–H and O–H groups in total. The average Bonchev–Trinajstić information content (AvgIpc) is 2.33. The van der Waals surface area contributed by atoms with Gasteiger partial charge in [0.15, 0.2) is 0 Å². The van der Waals surface area contributed by atoms with Crippen LogP contribution in [0.15, 0.2) is 6.20 Å².